The van der Waals surface area contributed by atoms with E-state index in [0.29, 0.717) is 17.7 Å². The number of likely N-dealkylation sites (tertiary alicyclic amines) is 1. The first kappa shape index (κ1) is 18.9. The summed E-state index contributed by atoms with van der Waals surface area (Å²) in [7, 11) is 1.41. The van der Waals surface area contributed by atoms with Crippen molar-refractivity contribution in [1.29, 1.82) is 0 Å². The maximum Gasteiger partial charge on any atom is 0.337 e. The van der Waals surface area contributed by atoms with Gasteiger partial charge in [0.1, 0.15) is 0 Å². The smallest absolute Gasteiger partial charge is 0.337 e. The molecule has 1 saturated heterocycles. The molecule has 30 heavy (non-hydrogen) atoms. The number of rotatable bonds is 2. The molecule has 0 saturated carbocycles. The van der Waals surface area contributed by atoms with Crippen molar-refractivity contribution in [3.8, 4) is 0 Å². The molecule has 2 aliphatic rings. The lowest BCUT2D eigenvalue weighted by molar-refractivity contribution is 0.0250. The fourth-order valence-corrected chi connectivity index (χ4v) is 5.35. The Labute approximate surface area is 175 Å². The summed E-state index contributed by atoms with van der Waals surface area (Å²) >= 11 is 0. The zero-order valence-electron chi connectivity index (χ0n) is 17.4. The lowest BCUT2D eigenvalue weighted by Crippen LogP contribution is -2.59. The number of aromatic nitrogens is 2. The van der Waals surface area contributed by atoms with E-state index in [-0.39, 0.29) is 29.3 Å². The number of imidazole rings is 1. The fraction of sp³-hybridized carbons (Fsp3) is 0.375. The van der Waals surface area contributed by atoms with Gasteiger partial charge in [0.25, 0.3) is 5.91 Å². The number of hydrogen-bond acceptors (Lipinski definition) is 4. The van der Waals surface area contributed by atoms with Crippen molar-refractivity contribution in [2.24, 2.45) is 5.92 Å². The number of piperidine rings is 1. The average molecular weight is 403 g/mol. The number of carbonyl (C=O) groups excluding carboxylic acids is 2. The number of benzene rings is 2. The van der Waals surface area contributed by atoms with E-state index < -0.39 is 0 Å². The molecular weight excluding hydrogens is 378 g/mol. The molecule has 0 radical (unpaired) electrons. The maximum absolute atomic E-state index is 13.4. The summed E-state index contributed by atoms with van der Waals surface area (Å²) in [5.41, 5.74) is 5.38. The highest BCUT2D eigenvalue weighted by Crippen LogP contribution is 2.49. The second kappa shape index (κ2) is 6.69. The predicted octanol–water partition coefficient (Wildman–Crippen LogP) is 3.71. The molecule has 154 valence electrons. The van der Waals surface area contributed by atoms with Gasteiger partial charge in [-0.05, 0) is 65.6 Å². The van der Waals surface area contributed by atoms with Crippen molar-refractivity contribution < 1.29 is 14.3 Å². The number of amides is 1. The Bertz CT molecular complexity index is 1170. The van der Waals surface area contributed by atoms with Gasteiger partial charge in [-0.15, -0.1) is 0 Å². The fourth-order valence-electron chi connectivity index (χ4n) is 5.35. The quantitative estimate of drug-likeness (QED) is 0.662. The normalized spacial score (nSPS) is 25.1. The van der Waals surface area contributed by atoms with Crippen LogP contribution >= 0.6 is 0 Å². The van der Waals surface area contributed by atoms with Gasteiger partial charge < -0.3 is 14.6 Å². The highest BCUT2D eigenvalue weighted by molar-refractivity contribution is 5.97. The molecule has 6 nitrogen and oxygen atoms in total. The second-order valence-corrected chi connectivity index (χ2v) is 8.72. The van der Waals surface area contributed by atoms with Gasteiger partial charge in [0, 0.05) is 18.2 Å². The molecule has 3 atom stereocenters. The van der Waals surface area contributed by atoms with E-state index in [9.17, 15) is 9.59 Å². The minimum absolute atomic E-state index is 0.0695. The summed E-state index contributed by atoms with van der Waals surface area (Å²) in [5.74, 6) is 0.0458. The van der Waals surface area contributed by atoms with Crippen LogP contribution in [0.3, 0.4) is 0 Å². The van der Waals surface area contributed by atoms with Gasteiger partial charge in [-0.25, -0.2) is 9.78 Å². The first-order chi connectivity index (χ1) is 14.4. The standard InChI is InChI=1S/C24H25N3O3/c1-14-21-12-15-4-5-17(23(29)30-3)10-18(15)24(14,2)8-9-27(21)22(28)16-6-7-19-20(11-16)26-13-25-19/h4-7,10-11,13-14,21H,8-9,12H2,1-3H3,(H,25,26)/t14-,21-,24-/m1/s1. The summed E-state index contributed by atoms with van der Waals surface area (Å²) in [6, 6.07) is 11.6. The van der Waals surface area contributed by atoms with E-state index in [1.54, 1.807) is 6.33 Å². The van der Waals surface area contributed by atoms with E-state index >= 15 is 0 Å². The van der Waals surface area contributed by atoms with E-state index in [1.165, 1.54) is 18.2 Å². The van der Waals surface area contributed by atoms with Crippen LogP contribution in [0.2, 0.25) is 0 Å². The number of methoxy groups -OCH3 is 1. The van der Waals surface area contributed by atoms with Crippen LogP contribution in [0.1, 0.15) is 52.1 Å². The first-order valence-electron chi connectivity index (χ1n) is 10.4. The van der Waals surface area contributed by atoms with Crippen molar-refractivity contribution in [2.45, 2.75) is 38.1 Å². The highest BCUT2D eigenvalue weighted by atomic mass is 16.5. The second-order valence-electron chi connectivity index (χ2n) is 8.72. The number of nitrogens with zero attached hydrogens (tertiary/aromatic N) is 2. The highest BCUT2D eigenvalue weighted by Gasteiger charge is 2.49. The Hall–Kier alpha value is -3.15. The minimum Gasteiger partial charge on any atom is -0.465 e. The van der Waals surface area contributed by atoms with Crippen LogP contribution in [-0.2, 0) is 16.6 Å². The number of aromatic amines is 1. The summed E-state index contributed by atoms with van der Waals surface area (Å²) in [6.07, 6.45) is 3.31. The van der Waals surface area contributed by atoms with Crippen molar-refractivity contribution in [3.05, 3.63) is 65.0 Å². The zero-order valence-corrected chi connectivity index (χ0v) is 17.4. The Kier molecular flexibility index (Phi) is 4.20. The molecule has 1 amide bonds. The van der Waals surface area contributed by atoms with Crippen molar-refractivity contribution in [1.82, 2.24) is 14.9 Å². The molecule has 1 N–H and O–H groups in total. The third-order valence-electron chi connectivity index (χ3n) is 7.36. The number of esters is 1. The number of nitrogens with one attached hydrogen (secondary N) is 1. The van der Waals surface area contributed by atoms with Crippen LogP contribution in [0.15, 0.2) is 42.7 Å². The van der Waals surface area contributed by atoms with Gasteiger partial charge in [0.15, 0.2) is 0 Å². The average Bonchev–Trinajstić information content (AvgIpc) is 3.23. The number of ether oxygens (including phenoxy) is 1. The molecule has 0 unspecified atom stereocenters. The van der Waals surface area contributed by atoms with Crippen molar-refractivity contribution in [3.63, 3.8) is 0 Å². The maximum atomic E-state index is 13.4. The van der Waals surface area contributed by atoms with Crippen LogP contribution in [0.25, 0.3) is 11.0 Å². The Morgan fingerprint density at radius 1 is 1.20 bits per heavy atom. The van der Waals surface area contributed by atoms with E-state index in [0.717, 1.165) is 23.9 Å². The minimum atomic E-state index is -0.307. The molecular formula is C24H25N3O3. The van der Waals surface area contributed by atoms with Gasteiger partial charge in [0.05, 0.1) is 30.0 Å². The van der Waals surface area contributed by atoms with Crippen LogP contribution in [0.5, 0.6) is 0 Å². The van der Waals surface area contributed by atoms with Crippen molar-refractivity contribution in [2.75, 3.05) is 13.7 Å². The number of hydrogen-bond donors (Lipinski definition) is 1. The third kappa shape index (κ3) is 2.66. The molecule has 1 aliphatic heterocycles. The van der Waals surface area contributed by atoms with E-state index in [2.05, 4.69) is 23.8 Å². The summed E-state index contributed by atoms with van der Waals surface area (Å²) in [6.45, 7) is 5.20. The van der Waals surface area contributed by atoms with Gasteiger partial charge in [-0.2, -0.15) is 0 Å². The first-order valence-corrected chi connectivity index (χ1v) is 10.4. The summed E-state index contributed by atoms with van der Waals surface area (Å²) in [5, 5.41) is 0. The lowest BCUT2D eigenvalue weighted by Gasteiger charge is -2.54. The summed E-state index contributed by atoms with van der Waals surface area (Å²) < 4.78 is 4.91. The zero-order chi connectivity index (χ0) is 21.0. The van der Waals surface area contributed by atoms with Gasteiger partial charge in [-0.1, -0.05) is 19.9 Å². The SMILES string of the molecule is COC(=O)c1ccc2c(c1)[C@]1(C)CCN(C(=O)c3ccc4nc[nH]c4c3)[C@H](C2)[C@H]1C. The Balaban J connectivity index is 1.50. The van der Waals surface area contributed by atoms with Gasteiger partial charge in [0.2, 0.25) is 0 Å². The summed E-state index contributed by atoms with van der Waals surface area (Å²) in [4.78, 5) is 34.9. The monoisotopic (exact) mass is 403 g/mol. The van der Waals surface area contributed by atoms with Gasteiger partial charge in [-0.3, -0.25) is 4.79 Å². The third-order valence-corrected chi connectivity index (χ3v) is 7.36. The molecule has 2 aromatic carbocycles. The molecule has 1 aromatic heterocycles. The predicted molar refractivity (Wildman–Crippen MR) is 114 cm³/mol. The van der Waals surface area contributed by atoms with E-state index in [4.69, 9.17) is 4.74 Å². The van der Waals surface area contributed by atoms with Gasteiger partial charge >= 0.3 is 5.97 Å². The topological polar surface area (TPSA) is 75.3 Å². The van der Waals surface area contributed by atoms with Crippen LogP contribution in [0.4, 0.5) is 0 Å². The van der Waals surface area contributed by atoms with E-state index in [1.807, 2.05) is 41.3 Å². The van der Waals surface area contributed by atoms with Crippen molar-refractivity contribution >= 4 is 22.9 Å². The molecule has 2 bridgehead atoms. The molecule has 1 fully saturated rings. The lowest BCUT2D eigenvalue weighted by atomic mass is 9.58. The Morgan fingerprint density at radius 3 is 2.80 bits per heavy atom. The molecule has 1 aliphatic carbocycles. The molecule has 3 aromatic rings. The Morgan fingerprint density at radius 2 is 2.00 bits per heavy atom. The van der Waals surface area contributed by atoms with Crippen LogP contribution in [0, 0.1) is 5.92 Å². The largest absolute Gasteiger partial charge is 0.465 e. The molecule has 5 rings (SSSR count). The number of fused-ring (bicyclic) bond motifs is 5. The molecule has 2 heterocycles. The van der Waals surface area contributed by atoms with Crippen LogP contribution < -0.4 is 0 Å². The molecule has 0 spiro atoms. The number of H-pyrrole nitrogens is 1. The van der Waals surface area contributed by atoms with Crippen LogP contribution in [-0.4, -0.2) is 46.4 Å². The molecule has 6 heteroatoms. The number of carbonyl (C=O) groups is 2.